The Hall–Kier alpha value is -1.52. The van der Waals surface area contributed by atoms with Crippen molar-refractivity contribution in [1.29, 1.82) is 0 Å². The number of aliphatic carboxylic acids is 1. The van der Waals surface area contributed by atoms with E-state index in [9.17, 15) is 9.59 Å². The SMILES string of the molecule is O=C(O)CCNC(=O)N/C=C/C1CCCCC1. The van der Waals surface area contributed by atoms with Gasteiger partial charge in [0.2, 0.25) is 0 Å². The van der Waals surface area contributed by atoms with E-state index in [1.807, 2.05) is 6.08 Å². The summed E-state index contributed by atoms with van der Waals surface area (Å²) in [5.41, 5.74) is 0. The molecule has 1 aliphatic carbocycles. The summed E-state index contributed by atoms with van der Waals surface area (Å²) in [5, 5.41) is 13.4. The molecule has 0 unspecified atom stereocenters. The molecule has 0 atom stereocenters. The molecular formula is C12H20N2O3. The molecule has 0 saturated heterocycles. The lowest BCUT2D eigenvalue weighted by Gasteiger charge is -2.17. The molecule has 5 nitrogen and oxygen atoms in total. The smallest absolute Gasteiger partial charge is 0.318 e. The van der Waals surface area contributed by atoms with Gasteiger partial charge in [0.15, 0.2) is 0 Å². The van der Waals surface area contributed by atoms with E-state index in [0.29, 0.717) is 5.92 Å². The molecule has 5 heteroatoms. The zero-order valence-electron chi connectivity index (χ0n) is 9.95. The molecule has 1 saturated carbocycles. The molecule has 96 valence electrons. The largest absolute Gasteiger partial charge is 0.481 e. The lowest BCUT2D eigenvalue weighted by atomic mass is 9.89. The first-order valence-electron chi connectivity index (χ1n) is 6.11. The van der Waals surface area contributed by atoms with Gasteiger partial charge in [-0.1, -0.05) is 25.3 Å². The average molecular weight is 240 g/mol. The quantitative estimate of drug-likeness (QED) is 0.686. The lowest BCUT2D eigenvalue weighted by Crippen LogP contribution is -2.33. The number of hydrogen-bond acceptors (Lipinski definition) is 2. The third-order valence-corrected chi connectivity index (χ3v) is 2.86. The van der Waals surface area contributed by atoms with Crippen molar-refractivity contribution in [2.24, 2.45) is 5.92 Å². The molecule has 0 aromatic heterocycles. The zero-order valence-corrected chi connectivity index (χ0v) is 9.95. The van der Waals surface area contributed by atoms with Crippen molar-refractivity contribution in [3.63, 3.8) is 0 Å². The van der Waals surface area contributed by atoms with Crippen molar-refractivity contribution < 1.29 is 14.7 Å². The molecule has 1 fully saturated rings. The Balaban J connectivity index is 2.09. The van der Waals surface area contributed by atoms with Gasteiger partial charge in [-0.15, -0.1) is 0 Å². The van der Waals surface area contributed by atoms with E-state index in [-0.39, 0.29) is 19.0 Å². The Morgan fingerprint density at radius 3 is 2.59 bits per heavy atom. The number of rotatable bonds is 5. The van der Waals surface area contributed by atoms with E-state index in [2.05, 4.69) is 10.6 Å². The average Bonchev–Trinajstić information content (AvgIpc) is 2.30. The molecule has 3 N–H and O–H groups in total. The number of carboxylic acids is 1. The number of carbonyl (C=O) groups excluding carboxylic acids is 1. The highest BCUT2D eigenvalue weighted by atomic mass is 16.4. The van der Waals surface area contributed by atoms with Crippen LogP contribution in [-0.2, 0) is 4.79 Å². The van der Waals surface area contributed by atoms with Crippen LogP contribution in [0.1, 0.15) is 38.5 Å². The molecule has 0 aliphatic heterocycles. The minimum atomic E-state index is -0.914. The highest BCUT2D eigenvalue weighted by Crippen LogP contribution is 2.24. The van der Waals surface area contributed by atoms with Gasteiger partial charge in [-0.2, -0.15) is 0 Å². The van der Waals surface area contributed by atoms with Crippen LogP contribution in [-0.4, -0.2) is 23.7 Å². The first kappa shape index (κ1) is 13.5. The van der Waals surface area contributed by atoms with Gasteiger partial charge < -0.3 is 15.7 Å². The van der Waals surface area contributed by atoms with Crippen LogP contribution >= 0.6 is 0 Å². The van der Waals surface area contributed by atoms with Crippen LogP contribution in [0.2, 0.25) is 0 Å². The summed E-state index contributed by atoms with van der Waals surface area (Å²) in [6.07, 6.45) is 9.85. The first-order valence-corrected chi connectivity index (χ1v) is 6.11. The van der Waals surface area contributed by atoms with Crippen LogP contribution in [0, 0.1) is 5.92 Å². The number of hydrogen-bond donors (Lipinski definition) is 3. The fourth-order valence-electron chi connectivity index (χ4n) is 1.92. The van der Waals surface area contributed by atoms with E-state index >= 15 is 0 Å². The van der Waals surface area contributed by atoms with Crippen LogP contribution in [0.5, 0.6) is 0 Å². The maximum Gasteiger partial charge on any atom is 0.318 e. The number of amides is 2. The van der Waals surface area contributed by atoms with Crippen molar-refractivity contribution in [1.82, 2.24) is 10.6 Å². The number of nitrogens with one attached hydrogen (secondary N) is 2. The Bertz CT molecular complexity index is 283. The molecule has 2 amide bonds. The fourth-order valence-corrected chi connectivity index (χ4v) is 1.92. The van der Waals surface area contributed by atoms with Gasteiger partial charge in [0.1, 0.15) is 0 Å². The van der Waals surface area contributed by atoms with Gasteiger partial charge in [-0.3, -0.25) is 4.79 Å². The number of carbonyl (C=O) groups is 2. The fraction of sp³-hybridized carbons (Fsp3) is 0.667. The minimum Gasteiger partial charge on any atom is -0.481 e. The molecule has 0 heterocycles. The van der Waals surface area contributed by atoms with Gasteiger partial charge >= 0.3 is 12.0 Å². The second kappa shape index (κ2) is 7.70. The maximum atomic E-state index is 11.2. The molecule has 0 aromatic carbocycles. The van der Waals surface area contributed by atoms with Gasteiger partial charge in [-0.25, -0.2) is 4.79 Å². The summed E-state index contributed by atoms with van der Waals surface area (Å²) >= 11 is 0. The van der Waals surface area contributed by atoms with Crippen molar-refractivity contribution in [2.75, 3.05) is 6.54 Å². The van der Waals surface area contributed by atoms with Gasteiger partial charge in [0, 0.05) is 12.7 Å². The Morgan fingerprint density at radius 1 is 1.24 bits per heavy atom. The van der Waals surface area contributed by atoms with Crippen LogP contribution in [0.25, 0.3) is 0 Å². The van der Waals surface area contributed by atoms with Crippen LogP contribution in [0.15, 0.2) is 12.3 Å². The van der Waals surface area contributed by atoms with Crippen LogP contribution in [0.4, 0.5) is 4.79 Å². The Labute approximate surface area is 101 Å². The second-order valence-electron chi connectivity index (χ2n) is 4.30. The topological polar surface area (TPSA) is 78.4 Å². The van der Waals surface area contributed by atoms with Gasteiger partial charge in [-0.05, 0) is 18.8 Å². The first-order chi connectivity index (χ1) is 8.18. The summed E-state index contributed by atoms with van der Waals surface area (Å²) < 4.78 is 0. The predicted molar refractivity (Wildman–Crippen MR) is 64.5 cm³/mol. The number of urea groups is 1. The zero-order chi connectivity index (χ0) is 12.5. The molecule has 1 aliphatic rings. The van der Waals surface area contributed by atoms with Crippen molar-refractivity contribution in [2.45, 2.75) is 38.5 Å². The molecule has 0 spiro atoms. The van der Waals surface area contributed by atoms with E-state index in [0.717, 1.165) is 0 Å². The molecule has 1 rings (SSSR count). The lowest BCUT2D eigenvalue weighted by molar-refractivity contribution is -0.136. The van der Waals surface area contributed by atoms with Crippen molar-refractivity contribution in [3.8, 4) is 0 Å². The minimum absolute atomic E-state index is 0.0558. The molecule has 0 radical (unpaired) electrons. The summed E-state index contributed by atoms with van der Waals surface area (Å²) in [4.78, 5) is 21.4. The molecule has 17 heavy (non-hydrogen) atoms. The highest BCUT2D eigenvalue weighted by Gasteiger charge is 2.09. The van der Waals surface area contributed by atoms with E-state index in [1.165, 1.54) is 32.1 Å². The van der Waals surface area contributed by atoms with Crippen LogP contribution in [0.3, 0.4) is 0 Å². The Morgan fingerprint density at radius 2 is 1.94 bits per heavy atom. The third-order valence-electron chi connectivity index (χ3n) is 2.86. The summed E-state index contributed by atoms with van der Waals surface area (Å²) in [5.74, 6) is -0.342. The monoisotopic (exact) mass is 240 g/mol. The number of carboxylic acid groups (broad SMARTS) is 1. The molecule has 0 bridgehead atoms. The van der Waals surface area contributed by atoms with E-state index < -0.39 is 5.97 Å². The van der Waals surface area contributed by atoms with Gasteiger partial charge in [0.25, 0.3) is 0 Å². The van der Waals surface area contributed by atoms with E-state index in [4.69, 9.17) is 5.11 Å². The maximum absolute atomic E-state index is 11.2. The standard InChI is InChI=1S/C12H20N2O3/c15-11(16)7-9-14-12(17)13-8-6-10-4-2-1-3-5-10/h6,8,10H,1-5,7,9H2,(H,15,16)(H2,13,14,17)/b8-6+. The van der Waals surface area contributed by atoms with E-state index in [1.54, 1.807) is 6.20 Å². The third kappa shape index (κ3) is 6.60. The summed E-state index contributed by atoms with van der Waals surface area (Å²) in [6, 6.07) is -0.349. The normalized spacial score (nSPS) is 16.9. The predicted octanol–water partition coefficient (Wildman–Crippen LogP) is 1.85. The van der Waals surface area contributed by atoms with Crippen molar-refractivity contribution in [3.05, 3.63) is 12.3 Å². The van der Waals surface area contributed by atoms with Gasteiger partial charge in [0.05, 0.1) is 6.42 Å². The highest BCUT2D eigenvalue weighted by molar-refractivity contribution is 5.75. The molecule has 0 aromatic rings. The Kier molecular flexibility index (Phi) is 6.14. The van der Waals surface area contributed by atoms with Crippen molar-refractivity contribution >= 4 is 12.0 Å². The number of allylic oxidation sites excluding steroid dienone is 1. The summed E-state index contributed by atoms with van der Waals surface area (Å²) in [7, 11) is 0. The molecular weight excluding hydrogens is 220 g/mol. The summed E-state index contributed by atoms with van der Waals surface area (Å²) in [6.45, 7) is 0.151. The second-order valence-corrected chi connectivity index (χ2v) is 4.30. The van der Waals surface area contributed by atoms with Crippen LogP contribution < -0.4 is 10.6 Å².